The number of nitrogens with zero attached hydrogens (tertiary/aromatic N) is 1. The van der Waals surface area contributed by atoms with Gasteiger partial charge in [-0.3, -0.25) is 0 Å². The molecule has 96 valence electrons. The van der Waals surface area contributed by atoms with Crippen LogP contribution < -0.4 is 11.1 Å². The first-order valence-electron chi connectivity index (χ1n) is 6.30. The lowest BCUT2D eigenvalue weighted by atomic mass is 10.2. The van der Waals surface area contributed by atoms with Crippen LogP contribution in [0.4, 0.5) is 10.8 Å². The average Bonchev–Trinajstić information content (AvgIpc) is 3.09. The van der Waals surface area contributed by atoms with Gasteiger partial charge in [0.1, 0.15) is 10.8 Å². The summed E-state index contributed by atoms with van der Waals surface area (Å²) in [6.07, 6.45) is 8.60. The predicted molar refractivity (Wildman–Crippen MR) is 79.2 cm³/mol. The highest BCUT2D eigenvalue weighted by molar-refractivity contribution is 7.98. The predicted octanol–water partition coefficient (Wildman–Crippen LogP) is 3.55. The van der Waals surface area contributed by atoms with Gasteiger partial charge in [0.2, 0.25) is 0 Å². The second kappa shape index (κ2) is 6.50. The Hall–Kier alpha value is -0.420. The van der Waals surface area contributed by atoms with Gasteiger partial charge in [-0.1, -0.05) is 6.42 Å². The molecular formula is C12H21N3S2. The largest absolute Gasteiger partial charge is 0.383 e. The summed E-state index contributed by atoms with van der Waals surface area (Å²) in [6, 6.07) is 0. The molecule has 1 fully saturated rings. The Morgan fingerprint density at radius 3 is 2.94 bits per heavy atom. The van der Waals surface area contributed by atoms with E-state index in [1.165, 1.54) is 60.0 Å². The van der Waals surface area contributed by atoms with Gasteiger partial charge in [0.15, 0.2) is 0 Å². The molecular weight excluding hydrogens is 250 g/mol. The van der Waals surface area contributed by atoms with Crippen LogP contribution in [0, 0.1) is 0 Å². The van der Waals surface area contributed by atoms with E-state index >= 15 is 0 Å². The van der Waals surface area contributed by atoms with E-state index in [0.717, 1.165) is 12.4 Å². The van der Waals surface area contributed by atoms with Gasteiger partial charge in [-0.25, -0.2) is 0 Å². The van der Waals surface area contributed by atoms with Crippen molar-refractivity contribution in [1.29, 1.82) is 0 Å². The van der Waals surface area contributed by atoms with E-state index in [1.54, 1.807) is 0 Å². The van der Waals surface area contributed by atoms with E-state index in [2.05, 4.69) is 15.9 Å². The van der Waals surface area contributed by atoms with Gasteiger partial charge in [-0.05, 0) is 55.1 Å². The van der Waals surface area contributed by atoms with Crippen LogP contribution in [-0.4, -0.2) is 22.9 Å². The van der Waals surface area contributed by atoms with Crippen molar-refractivity contribution in [2.24, 2.45) is 0 Å². The molecule has 0 saturated heterocycles. The number of nitrogens with one attached hydrogen (secondary N) is 1. The number of thioether (sulfide) groups is 1. The van der Waals surface area contributed by atoms with Gasteiger partial charge in [-0.15, -0.1) is 0 Å². The van der Waals surface area contributed by atoms with Gasteiger partial charge in [-0.2, -0.15) is 16.1 Å². The second-order valence-electron chi connectivity index (χ2n) is 4.57. The molecule has 2 rings (SSSR count). The van der Waals surface area contributed by atoms with E-state index in [0.29, 0.717) is 5.92 Å². The summed E-state index contributed by atoms with van der Waals surface area (Å²) in [5.41, 5.74) is 7.20. The first kappa shape index (κ1) is 13.0. The minimum Gasteiger partial charge on any atom is -0.383 e. The smallest absolute Gasteiger partial charge is 0.142 e. The van der Waals surface area contributed by atoms with Gasteiger partial charge in [0.25, 0.3) is 0 Å². The quantitative estimate of drug-likeness (QED) is 0.710. The summed E-state index contributed by atoms with van der Waals surface area (Å²) in [5, 5.41) is 4.72. The molecule has 0 amide bonds. The van der Waals surface area contributed by atoms with E-state index in [4.69, 9.17) is 5.73 Å². The van der Waals surface area contributed by atoms with Crippen molar-refractivity contribution in [3.8, 4) is 0 Å². The fourth-order valence-electron chi connectivity index (χ4n) is 1.95. The molecule has 0 bridgehead atoms. The number of nitrogens with two attached hydrogens (primary N) is 1. The molecule has 17 heavy (non-hydrogen) atoms. The van der Waals surface area contributed by atoms with Crippen LogP contribution in [0.1, 0.15) is 43.6 Å². The van der Waals surface area contributed by atoms with Gasteiger partial charge in [0.05, 0.1) is 0 Å². The number of rotatable bonds is 8. The number of unbranched alkanes of at least 4 members (excludes halogenated alkanes) is 2. The minimum absolute atomic E-state index is 0.688. The van der Waals surface area contributed by atoms with Gasteiger partial charge < -0.3 is 11.1 Å². The Morgan fingerprint density at radius 1 is 1.41 bits per heavy atom. The molecule has 1 aliphatic rings. The highest BCUT2D eigenvalue weighted by Crippen LogP contribution is 2.47. The molecule has 0 atom stereocenters. The molecule has 1 heterocycles. The maximum Gasteiger partial charge on any atom is 0.142 e. The van der Waals surface area contributed by atoms with Gasteiger partial charge in [0, 0.05) is 12.1 Å². The SMILES string of the molecule is CSCCCCCNc1snc(N)c1C1CC1. The van der Waals surface area contributed by atoms with E-state index in [9.17, 15) is 0 Å². The van der Waals surface area contributed by atoms with Crippen molar-refractivity contribution in [3.05, 3.63) is 5.56 Å². The van der Waals surface area contributed by atoms with Crippen LogP contribution >= 0.6 is 23.3 Å². The number of hydrogen-bond acceptors (Lipinski definition) is 5. The summed E-state index contributed by atoms with van der Waals surface area (Å²) >= 11 is 3.45. The summed E-state index contributed by atoms with van der Waals surface area (Å²) in [6.45, 7) is 1.05. The third-order valence-corrected chi connectivity index (χ3v) is 4.58. The molecule has 3 nitrogen and oxygen atoms in total. The van der Waals surface area contributed by atoms with E-state index in [1.807, 2.05) is 11.8 Å². The lowest BCUT2D eigenvalue weighted by Gasteiger charge is -2.06. The van der Waals surface area contributed by atoms with Crippen LogP contribution in [0.2, 0.25) is 0 Å². The Kier molecular flexibility index (Phi) is 4.98. The normalized spacial score (nSPS) is 15.1. The van der Waals surface area contributed by atoms with E-state index < -0.39 is 0 Å². The summed E-state index contributed by atoms with van der Waals surface area (Å²) in [5.74, 6) is 2.72. The van der Waals surface area contributed by atoms with Crippen LogP contribution in [0.3, 0.4) is 0 Å². The first-order chi connectivity index (χ1) is 8.33. The highest BCUT2D eigenvalue weighted by Gasteiger charge is 2.30. The number of aromatic nitrogens is 1. The Morgan fingerprint density at radius 2 is 2.24 bits per heavy atom. The fraction of sp³-hybridized carbons (Fsp3) is 0.750. The molecule has 0 radical (unpaired) electrons. The number of hydrogen-bond donors (Lipinski definition) is 2. The average molecular weight is 271 g/mol. The van der Waals surface area contributed by atoms with Crippen LogP contribution in [0.5, 0.6) is 0 Å². The molecule has 1 aromatic heterocycles. The number of nitrogen functional groups attached to an aromatic ring is 1. The Bertz CT molecular complexity index is 348. The topological polar surface area (TPSA) is 50.9 Å². The zero-order valence-electron chi connectivity index (χ0n) is 10.4. The monoisotopic (exact) mass is 271 g/mol. The van der Waals surface area contributed by atoms with E-state index in [-0.39, 0.29) is 0 Å². The summed E-state index contributed by atoms with van der Waals surface area (Å²) in [4.78, 5) is 0. The molecule has 0 aromatic carbocycles. The highest BCUT2D eigenvalue weighted by atomic mass is 32.2. The van der Waals surface area contributed by atoms with Crippen LogP contribution in [0.25, 0.3) is 0 Å². The van der Waals surface area contributed by atoms with Crippen molar-refractivity contribution in [2.45, 2.75) is 38.0 Å². The summed E-state index contributed by atoms with van der Waals surface area (Å²) < 4.78 is 4.26. The van der Waals surface area contributed by atoms with Crippen LogP contribution in [0.15, 0.2) is 0 Å². The molecule has 0 spiro atoms. The van der Waals surface area contributed by atoms with Gasteiger partial charge >= 0.3 is 0 Å². The lowest BCUT2D eigenvalue weighted by Crippen LogP contribution is -2.02. The Labute approximate surface area is 112 Å². The molecule has 1 aliphatic carbocycles. The standard InChI is InChI=1S/C12H21N3S2/c1-16-8-4-2-3-7-14-12-10(9-5-6-9)11(13)15-17-12/h9,14H,2-8H2,1H3,(H2,13,15). The molecule has 0 aliphatic heterocycles. The van der Waals surface area contributed by atoms with Crippen LogP contribution in [-0.2, 0) is 0 Å². The van der Waals surface area contributed by atoms with Crippen molar-refractivity contribution >= 4 is 34.1 Å². The second-order valence-corrected chi connectivity index (χ2v) is 6.32. The number of anilines is 2. The molecule has 1 aromatic rings. The molecule has 0 unspecified atom stereocenters. The first-order valence-corrected chi connectivity index (χ1v) is 8.47. The minimum atomic E-state index is 0.688. The maximum absolute atomic E-state index is 5.91. The van der Waals surface area contributed by atoms with Crippen molar-refractivity contribution in [1.82, 2.24) is 4.37 Å². The summed E-state index contributed by atoms with van der Waals surface area (Å²) in [7, 11) is 0. The zero-order valence-corrected chi connectivity index (χ0v) is 12.0. The van der Waals surface area contributed by atoms with Crippen molar-refractivity contribution in [2.75, 3.05) is 29.6 Å². The maximum atomic E-state index is 5.91. The molecule has 1 saturated carbocycles. The zero-order chi connectivity index (χ0) is 12.1. The Balaban J connectivity index is 1.71. The van der Waals surface area contributed by atoms with Crippen molar-refractivity contribution < 1.29 is 0 Å². The molecule has 3 N–H and O–H groups in total. The third kappa shape index (κ3) is 3.78. The fourth-order valence-corrected chi connectivity index (χ4v) is 3.27. The molecule has 5 heteroatoms. The third-order valence-electron chi connectivity index (χ3n) is 3.05. The lowest BCUT2D eigenvalue weighted by molar-refractivity contribution is 0.750. The van der Waals surface area contributed by atoms with Crippen molar-refractivity contribution in [3.63, 3.8) is 0 Å².